The van der Waals surface area contributed by atoms with Gasteiger partial charge in [-0.1, -0.05) is 61.0 Å². The van der Waals surface area contributed by atoms with E-state index in [1.54, 1.807) is 11.8 Å². The largest absolute Gasteiger partial charge is 0.345 e. The number of amides is 2. The van der Waals surface area contributed by atoms with E-state index in [-0.39, 0.29) is 23.2 Å². The van der Waals surface area contributed by atoms with Crippen LogP contribution in [0.3, 0.4) is 0 Å². The minimum absolute atomic E-state index is 0.0118. The van der Waals surface area contributed by atoms with Gasteiger partial charge in [0.2, 0.25) is 5.91 Å². The second-order valence-electron chi connectivity index (χ2n) is 9.60. The van der Waals surface area contributed by atoms with Crippen LogP contribution in [0.15, 0.2) is 66.7 Å². The van der Waals surface area contributed by atoms with Crippen molar-refractivity contribution in [3.63, 3.8) is 0 Å². The van der Waals surface area contributed by atoms with Crippen molar-refractivity contribution in [2.75, 3.05) is 5.75 Å². The van der Waals surface area contributed by atoms with Gasteiger partial charge in [-0.3, -0.25) is 9.59 Å². The van der Waals surface area contributed by atoms with Crippen LogP contribution in [0.25, 0.3) is 0 Å². The Kier molecular flexibility index (Phi) is 7.68. The first-order valence-corrected chi connectivity index (χ1v) is 14.1. The third kappa shape index (κ3) is 5.47. The van der Waals surface area contributed by atoms with Crippen molar-refractivity contribution in [3.05, 3.63) is 105 Å². The minimum Gasteiger partial charge on any atom is -0.345 e. The molecule has 2 unspecified atom stereocenters. The van der Waals surface area contributed by atoms with Gasteiger partial charge < -0.3 is 10.2 Å². The molecule has 186 valence electrons. The molecule has 1 heterocycles. The molecule has 1 saturated heterocycles. The summed E-state index contributed by atoms with van der Waals surface area (Å²) in [5.41, 5.74) is 6.77. The van der Waals surface area contributed by atoms with Crippen LogP contribution in [0.5, 0.6) is 0 Å². The Morgan fingerprint density at radius 2 is 1.75 bits per heavy atom. The lowest BCUT2D eigenvalue weighted by Gasteiger charge is -2.25. The Morgan fingerprint density at radius 3 is 2.47 bits per heavy atom. The van der Waals surface area contributed by atoms with E-state index in [4.69, 9.17) is 11.6 Å². The number of nitrogens with one attached hydrogen (secondary N) is 1. The van der Waals surface area contributed by atoms with Crippen molar-refractivity contribution < 1.29 is 9.59 Å². The third-order valence-corrected chi connectivity index (χ3v) is 8.69. The molecule has 6 heteroatoms. The maximum absolute atomic E-state index is 13.1. The number of hydrogen-bond donors (Lipinski definition) is 1. The van der Waals surface area contributed by atoms with Crippen molar-refractivity contribution in [1.82, 2.24) is 10.2 Å². The van der Waals surface area contributed by atoms with Crippen molar-refractivity contribution in [2.24, 2.45) is 0 Å². The smallest absolute Gasteiger partial charge is 0.251 e. The summed E-state index contributed by atoms with van der Waals surface area (Å²) in [6.45, 7) is 2.64. The zero-order valence-corrected chi connectivity index (χ0v) is 22.1. The molecule has 4 nitrogen and oxygen atoms in total. The number of aryl methyl sites for hydroxylation is 2. The van der Waals surface area contributed by atoms with Crippen LogP contribution in [0.1, 0.15) is 75.8 Å². The fraction of sp³-hybridized carbons (Fsp3) is 0.333. The Bertz CT molecular complexity index is 1240. The highest BCUT2D eigenvalue weighted by Crippen LogP contribution is 2.39. The van der Waals surface area contributed by atoms with Crippen LogP contribution in [0, 0.1) is 0 Å². The van der Waals surface area contributed by atoms with Gasteiger partial charge in [-0.15, -0.1) is 11.8 Å². The number of fused-ring (bicyclic) bond motifs is 1. The van der Waals surface area contributed by atoms with E-state index in [0.717, 1.165) is 30.4 Å². The van der Waals surface area contributed by atoms with Crippen molar-refractivity contribution in [1.29, 1.82) is 0 Å². The summed E-state index contributed by atoms with van der Waals surface area (Å²) in [5.74, 6) is 0.510. The van der Waals surface area contributed by atoms with Gasteiger partial charge in [0.15, 0.2) is 0 Å². The standard InChI is InChI=1S/C30H31ClN2O2S/c1-2-27(25-14-9-21-5-3-4-6-24(21)17-25)32-29(35)22-10-12-23(13-11-22)30-33(28(34)19-36-30)18-20-7-15-26(31)16-8-20/h7-17,27,30H,2-6,18-19H2,1H3,(H,32,35). The fourth-order valence-electron chi connectivity index (χ4n) is 5.12. The molecule has 1 fully saturated rings. The lowest BCUT2D eigenvalue weighted by Crippen LogP contribution is -2.29. The number of benzene rings is 3. The van der Waals surface area contributed by atoms with Gasteiger partial charge in [0.1, 0.15) is 5.37 Å². The van der Waals surface area contributed by atoms with Crippen LogP contribution in [-0.4, -0.2) is 22.5 Å². The summed E-state index contributed by atoms with van der Waals surface area (Å²) in [7, 11) is 0. The molecule has 3 aromatic rings. The van der Waals surface area contributed by atoms with Crippen molar-refractivity contribution >= 4 is 35.2 Å². The fourth-order valence-corrected chi connectivity index (χ4v) is 6.43. The summed E-state index contributed by atoms with van der Waals surface area (Å²) in [6, 6.07) is 22.0. The van der Waals surface area contributed by atoms with Crippen LogP contribution in [0.4, 0.5) is 0 Å². The normalized spacial score (nSPS) is 18.1. The molecule has 3 aromatic carbocycles. The number of nitrogens with zero attached hydrogens (tertiary/aromatic N) is 1. The van der Waals surface area contributed by atoms with Crippen LogP contribution >= 0.6 is 23.4 Å². The lowest BCUT2D eigenvalue weighted by molar-refractivity contribution is -0.128. The summed E-state index contributed by atoms with van der Waals surface area (Å²) in [6.07, 6.45) is 5.64. The molecular weight excluding hydrogens is 488 g/mol. The second kappa shape index (κ2) is 11.1. The first-order valence-electron chi connectivity index (χ1n) is 12.7. The minimum atomic E-state index is -0.0701. The van der Waals surface area contributed by atoms with Crippen molar-refractivity contribution in [3.8, 4) is 0 Å². The molecule has 0 spiro atoms. The Balaban J connectivity index is 1.27. The van der Waals surface area contributed by atoms with Gasteiger partial charge in [0.25, 0.3) is 5.91 Å². The molecule has 5 rings (SSSR count). The van der Waals surface area contributed by atoms with Gasteiger partial charge in [0, 0.05) is 17.1 Å². The molecule has 2 aliphatic rings. The zero-order chi connectivity index (χ0) is 25.1. The highest BCUT2D eigenvalue weighted by molar-refractivity contribution is 8.00. The van der Waals surface area contributed by atoms with E-state index < -0.39 is 0 Å². The molecule has 2 atom stereocenters. The van der Waals surface area contributed by atoms with Gasteiger partial charge in [0.05, 0.1) is 11.8 Å². The van der Waals surface area contributed by atoms with Crippen LogP contribution in [0.2, 0.25) is 5.02 Å². The van der Waals surface area contributed by atoms with Crippen LogP contribution < -0.4 is 5.32 Å². The number of halogens is 1. The Labute approximate surface area is 222 Å². The number of carbonyl (C=O) groups excluding carboxylic acids is 2. The van der Waals surface area contributed by atoms with E-state index >= 15 is 0 Å². The van der Waals surface area contributed by atoms with E-state index in [1.165, 1.54) is 29.5 Å². The maximum atomic E-state index is 13.1. The molecule has 2 amide bonds. The third-order valence-electron chi connectivity index (χ3n) is 7.18. The monoisotopic (exact) mass is 518 g/mol. The molecule has 1 aliphatic carbocycles. The molecule has 0 radical (unpaired) electrons. The quantitative estimate of drug-likeness (QED) is 0.371. The zero-order valence-electron chi connectivity index (χ0n) is 20.5. The first kappa shape index (κ1) is 24.9. The van der Waals surface area contributed by atoms with Crippen molar-refractivity contribution in [2.45, 2.75) is 57.0 Å². The average molecular weight is 519 g/mol. The van der Waals surface area contributed by atoms with E-state index in [1.807, 2.05) is 53.4 Å². The summed E-state index contributed by atoms with van der Waals surface area (Å²) < 4.78 is 0. The lowest BCUT2D eigenvalue weighted by atomic mass is 9.88. The maximum Gasteiger partial charge on any atom is 0.251 e. The molecular formula is C30H31ClN2O2S. The van der Waals surface area contributed by atoms with Gasteiger partial charge in [-0.2, -0.15) is 0 Å². The molecule has 1 N–H and O–H groups in total. The number of carbonyl (C=O) groups is 2. The topological polar surface area (TPSA) is 49.4 Å². The number of hydrogen-bond acceptors (Lipinski definition) is 3. The molecule has 0 bridgehead atoms. The number of thioether (sulfide) groups is 1. The first-order chi connectivity index (χ1) is 17.5. The SMILES string of the molecule is CCC(NC(=O)c1ccc(C2SCC(=O)N2Cc2ccc(Cl)cc2)cc1)c1ccc2c(c1)CCCC2. The predicted molar refractivity (Wildman–Crippen MR) is 147 cm³/mol. The highest BCUT2D eigenvalue weighted by atomic mass is 35.5. The van der Waals surface area contributed by atoms with Crippen LogP contribution in [-0.2, 0) is 24.2 Å². The van der Waals surface area contributed by atoms with E-state index in [2.05, 4.69) is 30.4 Å². The van der Waals surface area contributed by atoms with Gasteiger partial charge in [-0.05, 0) is 84.2 Å². The average Bonchev–Trinajstić information content (AvgIpc) is 3.28. The second-order valence-corrected chi connectivity index (χ2v) is 11.1. The van der Waals surface area contributed by atoms with Gasteiger partial charge >= 0.3 is 0 Å². The Hall–Kier alpha value is -2.76. The molecule has 0 saturated carbocycles. The van der Waals surface area contributed by atoms with E-state index in [9.17, 15) is 9.59 Å². The summed E-state index contributed by atoms with van der Waals surface area (Å²) >= 11 is 7.63. The number of rotatable bonds is 7. The molecule has 36 heavy (non-hydrogen) atoms. The highest BCUT2D eigenvalue weighted by Gasteiger charge is 2.32. The molecule has 0 aromatic heterocycles. The predicted octanol–water partition coefficient (Wildman–Crippen LogP) is 6.87. The van der Waals surface area contributed by atoms with Gasteiger partial charge in [-0.25, -0.2) is 0 Å². The van der Waals surface area contributed by atoms with E-state index in [0.29, 0.717) is 22.9 Å². The summed E-state index contributed by atoms with van der Waals surface area (Å²) in [5, 5.41) is 3.85. The molecule has 1 aliphatic heterocycles. The summed E-state index contributed by atoms with van der Waals surface area (Å²) in [4.78, 5) is 27.6. The Morgan fingerprint density at radius 1 is 1.03 bits per heavy atom.